The summed E-state index contributed by atoms with van der Waals surface area (Å²) in [6.07, 6.45) is 0. The summed E-state index contributed by atoms with van der Waals surface area (Å²) in [6.45, 7) is 1.23. The Bertz CT molecular complexity index is 811. The maximum atomic E-state index is 11.5. The van der Waals surface area contributed by atoms with Gasteiger partial charge in [-0.15, -0.1) is 0 Å². The molecule has 0 heterocycles. The molecule has 0 aliphatic heterocycles. The van der Waals surface area contributed by atoms with Crippen LogP contribution in [0.4, 0.5) is 0 Å². The summed E-state index contributed by atoms with van der Waals surface area (Å²) in [6, 6.07) is 25.5. The Morgan fingerprint density at radius 1 is 0.778 bits per heavy atom. The fraction of sp³-hybridized carbons (Fsp3) is 0.217. The molecule has 0 aromatic heterocycles. The zero-order chi connectivity index (χ0) is 19.1. The number of nitrogens with two attached hydrogens (primary N) is 1. The molecule has 0 fully saturated rings. The predicted octanol–water partition coefficient (Wildman–Crippen LogP) is 2.70. The summed E-state index contributed by atoms with van der Waals surface area (Å²) in [4.78, 5) is 0. The van der Waals surface area contributed by atoms with Crippen LogP contribution in [0.2, 0.25) is 0 Å². The van der Waals surface area contributed by atoms with Gasteiger partial charge in [0.2, 0.25) is 0 Å². The SMILES string of the molecule is COc1ccc(C[NH2+]CC(O)(c2ccccc2)c2ccccc2)cc1OC. The van der Waals surface area contributed by atoms with Crippen molar-refractivity contribution in [1.82, 2.24) is 0 Å². The van der Waals surface area contributed by atoms with Crippen molar-refractivity contribution < 1.29 is 19.9 Å². The maximum Gasteiger partial charge on any atom is 0.163 e. The number of methoxy groups -OCH3 is 2. The minimum Gasteiger partial charge on any atom is -0.493 e. The van der Waals surface area contributed by atoms with E-state index in [1.54, 1.807) is 14.2 Å². The van der Waals surface area contributed by atoms with Crippen molar-refractivity contribution in [3.63, 3.8) is 0 Å². The highest BCUT2D eigenvalue weighted by molar-refractivity contribution is 5.42. The molecule has 3 aromatic rings. The maximum absolute atomic E-state index is 11.5. The van der Waals surface area contributed by atoms with Gasteiger partial charge in [-0.3, -0.25) is 0 Å². The largest absolute Gasteiger partial charge is 0.493 e. The first kappa shape index (κ1) is 19.0. The highest BCUT2D eigenvalue weighted by Gasteiger charge is 2.33. The van der Waals surface area contributed by atoms with Crippen molar-refractivity contribution in [2.45, 2.75) is 12.1 Å². The van der Waals surface area contributed by atoms with Gasteiger partial charge in [-0.25, -0.2) is 0 Å². The van der Waals surface area contributed by atoms with Crippen LogP contribution in [-0.4, -0.2) is 25.9 Å². The average molecular weight is 364 g/mol. The van der Waals surface area contributed by atoms with Crippen LogP contribution in [0.1, 0.15) is 16.7 Å². The second kappa shape index (κ2) is 8.71. The molecule has 27 heavy (non-hydrogen) atoms. The fourth-order valence-electron chi connectivity index (χ4n) is 3.29. The summed E-state index contributed by atoms with van der Waals surface area (Å²) in [5, 5.41) is 13.7. The van der Waals surface area contributed by atoms with E-state index < -0.39 is 5.60 Å². The third-order valence-electron chi connectivity index (χ3n) is 4.77. The van der Waals surface area contributed by atoms with Crippen molar-refractivity contribution in [3.05, 3.63) is 95.6 Å². The van der Waals surface area contributed by atoms with Gasteiger partial charge >= 0.3 is 0 Å². The lowest BCUT2D eigenvalue weighted by molar-refractivity contribution is -0.682. The molecule has 4 heteroatoms. The van der Waals surface area contributed by atoms with Crippen LogP contribution < -0.4 is 14.8 Å². The van der Waals surface area contributed by atoms with Crippen molar-refractivity contribution in [3.8, 4) is 11.5 Å². The Morgan fingerprint density at radius 3 is 1.85 bits per heavy atom. The van der Waals surface area contributed by atoms with Crippen molar-refractivity contribution in [1.29, 1.82) is 0 Å². The van der Waals surface area contributed by atoms with Gasteiger partial charge in [0.25, 0.3) is 0 Å². The van der Waals surface area contributed by atoms with E-state index in [4.69, 9.17) is 9.47 Å². The van der Waals surface area contributed by atoms with E-state index in [0.717, 1.165) is 23.2 Å². The summed E-state index contributed by atoms with van der Waals surface area (Å²) in [5.41, 5.74) is 1.83. The molecule has 0 aliphatic carbocycles. The normalized spacial score (nSPS) is 11.2. The Hall–Kier alpha value is -2.82. The zero-order valence-corrected chi connectivity index (χ0v) is 15.8. The molecule has 0 aliphatic rings. The lowest BCUT2D eigenvalue weighted by Gasteiger charge is -2.27. The molecule has 0 bridgehead atoms. The van der Waals surface area contributed by atoms with Gasteiger partial charge in [-0.05, 0) is 29.3 Å². The van der Waals surface area contributed by atoms with E-state index in [1.807, 2.05) is 78.9 Å². The standard InChI is InChI=1S/C23H25NO3/c1-26-21-14-13-18(15-22(21)27-2)16-24-17-23(25,19-9-5-3-6-10-19)20-11-7-4-8-12-20/h3-15,24-25H,16-17H2,1-2H3/p+1. The molecule has 140 valence electrons. The van der Waals surface area contributed by atoms with Gasteiger partial charge in [0.05, 0.1) is 14.2 Å². The van der Waals surface area contributed by atoms with Crippen LogP contribution in [-0.2, 0) is 12.1 Å². The monoisotopic (exact) mass is 364 g/mol. The Labute approximate surface area is 160 Å². The van der Waals surface area contributed by atoms with Crippen LogP contribution in [0.5, 0.6) is 11.5 Å². The summed E-state index contributed by atoms with van der Waals surface area (Å²) in [5.74, 6) is 1.43. The van der Waals surface area contributed by atoms with Gasteiger partial charge in [-0.1, -0.05) is 60.7 Å². The lowest BCUT2D eigenvalue weighted by Crippen LogP contribution is -2.86. The highest BCUT2D eigenvalue weighted by Crippen LogP contribution is 2.29. The van der Waals surface area contributed by atoms with Crippen LogP contribution in [0.3, 0.4) is 0 Å². The molecule has 0 amide bonds. The second-order valence-corrected chi connectivity index (χ2v) is 6.48. The predicted molar refractivity (Wildman–Crippen MR) is 106 cm³/mol. The first-order valence-corrected chi connectivity index (χ1v) is 9.03. The molecule has 3 aromatic carbocycles. The third-order valence-corrected chi connectivity index (χ3v) is 4.77. The topological polar surface area (TPSA) is 55.3 Å². The number of quaternary nitrogens is 1. The zero-order valence-electron chi connectivity index (χ0n) is 15.8. The van der Waals surface area contributed by atoms with Gasteiger partial charge in [0.1, 0.15) is 13.1 Å². The number of aliphatic hydroxyl groups is 1. The Balaban J connectivity index is 1.78. The third kappa shape index (κ3) is 4.30. The molecule has 0 unspecified atom stereocenters. The molecule has 0 saturated heterocycles. The van der Waals surface area contributed by atoms with E-state index >= 15 is 0 Å². The Morgan fingerprint density at radius 2 is 1.33 bits per heavy atom. The number of hydrogen-bond acceptors (Lipinski definition) is 3. The molecule has 0 spiro atoms. The van der Waals surface area contributed by atoms with Gasteiger partial charge in [0, 0.05) is 5.56 Å². The number of hydrogen-bond donors (Lipinski definition) is 2. The van der Waals surface area contributed by atoms with Crippen LogP contribution in [0, 0.1) is 0 Å². The molecule has 0 radical (unpaired) electrons. The Kier molecular flexibility index (Phi) is 6.12. The van der Waals surface area contributed by atoms with Crippen LogP contribution in [0.15, 0.2) is 78.9 Å². The second-order valence-electron chi connectivity index (χ2n) is 6.48. The minimum absolute atomic E-state index is 0.509. The molecular formula is C23H26NO3+. The number of ether oxygens (including phenoxy) is 2. The van der Waals surface area contributed by atoms with Crippen molar-refractivity contribution in [2.24, 2.45) is 0 Å². The minimum atomic E-state index is -1.06. The average Bonchev–Trinajstić information content (AvgIpc) is 2.74. The van der Waals surface area contributed by atoms with Crippen molar-refractivity contribution >= 4 is 0 Å². The molecule has 0 saturated carbocycles. The van der Waals surface area contributed by atoms with E-state index in [1.165, 1.54) is 0 Å². The van der Waals surface area contributed by atoms with E-state index in [0.29, 0.717) is 18.0 Å². The summed E-state index contributed by atoms with van der Waals surface area (Å²) >= 11 is 0. The van der Waals surface area contributed by atoms with E-state index in [2.05, 4.69) is 5.32 Å². The number of benzene rings is 3. The lowest BCUT2D eigenvalue weighted by atomic mass is 9.86. The molecule has 3 rings (SSSR count). The van der Waals surface area contributed by atoms with E-state index in [-0.39, 0.29) is 0 Å². The first-order valence-electron chi connectivity index (χ1n) is 9.03. The van der Waals surface area contributed by atoms with Gasteiger partial charge in [0.15, 0.2) is 17.1 Å². The molecular weight excluding hydrogens is 338 g/mol. The summed E-state index contributed by atoms with van der Waals surface area (Å²) < 4.78 is 10.7. The fourth-order valence-corrected chi connectivity index (χ4v) is 3.29. The summed E-state index contributed by atoms with van der Waals surface area (Å²) in [7, 11) is 3.26. The first-order chi connectivity index (χ1) is 13.2. The molecule has 4 nitrogen and oxygen atoms in total. The van der Waals surface area contributed by atoms with Gasteiger partial charge < -0.3 is 19.9 Å². The molecule has 3 N–H and O–H groups in total. The smallest absolute Gasteiger partial charge is 0.163 e. The van der Waals surface area contributed by atoms with Gasteiger partial charge in [-0.2, -0.15) is 0 Å². The molecule has 0 atom stereocenters. The highest BCUT2D eigenvalue weighted by atomic mass is 16.5. The number of rotatable bonds is 8. The van der Waals surface area contributed by atoms with Crippen molar-refractivity contribution in [2.75, 3.05) is 20.8 Å². The quantitative estimate of drug-likeness (QED) is 0.646. The van der Waals surface area contributed by atoms with Crippen LogP contribution >= 0.6 is 0 Å². The van der Waals surface area contributed by atoms with E-state index in [9.17, 15) is 5.11 Å². The van der Waals surface area contributed by atoms with Crippen LogP contribution in [0.25, 0.3) is 0 Å².